The van der Waals surface area contributed by atoms with Crippen molar-refractivity contribution in [2.24, 2.45) is 0 Å². The Balaban J connectivity index is 1.91. The van der Waals surface area contributed by atoms with Crippen LogP contribution in [0.5, 0.6) is 0 Å². The van der Waals surface area contributed by atoms with Gasteiger partial charge in [-0.1, -0.05) is 72.8 Å². The lowest BCUT2D eigenvalue weighted by Crippen LogP contribution is -2.06. The van der Waals surface area contributed by atoms with Gasteiger partial charge in [-0.05, 0) is 55.9 Å². The van der Waals surface area contributed by atoms with Crippen molar-refractivity contribution in [3.8, 4) is 11.1 Å². The monoisotopic (exact) mass is 328 g/mol. The van der Waals surface area contributed by atoms with Crippen molar-refractivity contribution < 1.29 is 0 Å². The van der Waals surface area contributed by atoms with Gasteiger partial charge in [0.15, 0.2) is 0 Å². The van der Waals surface area contributed by atoms with E-state index in [9.17, 15) is 0 Å². The number of benzene rings is 4. The fourth-order valence-corrected chi connectivity index (χ4v) is 4.55. The first kappa shape index (κ1) is 13.9. The van der Waals surface area contributed by atoms with E-state index in [0.29, 0.717) is 0 Å². The third-order valence-electron chi connectivity index (χ3n) is 5.64. The van der Waals surface area contributed by atoms with Gasteiger partial charge in [-0.25, -0.2) is 0 Å². The fraction of sp³-hybridized carbons (Fsp3) is 0.0385. The van der Waals surface area contributed by atoms with Crippen LogP contribution in [0.1, 0.15) is 16.7 Å². The highest BCUT2D eigenvalue weighted by molar-refractivity contribution is 6.13. The second-order valence-corrected chi connectivity index (χ2v) is 7.08. The fourth-order valence-electron chi connectivity index (χ4n) is 4.55. The van der Waals surface area contributed by atoms with Gasteiger partial charge in [-0.15, -0.1) is 5.73 Å². The minimum Gasteiger partial charge on any atom is -0.116 e. The molecule has 0 aromatic heterocycles. The molecule has 0 nitrogen and oxygen atoms in total. The molecular weight excluding hydrogens is 312 g/mol. The smallest absolute Gasteiger partial charge is 0.00686 e. The number of hydrogen-bond acceptors (Lipinski definition) is 0. The summed E-state index contributed by atoms with van der Waals surface area (Å²) in [6, 6.07) is 24.4. The number of fused-ring (bicyclic) bond motifs is 6. The molecule has 0 heterocycles. The van der Waals surface area contributed by atoms with Gasteiger partial charge < -0.3 is 0 Å². The van der Waals surface area contributed by atoms with E-state index < -0.39 is 0 Å². The van der Waals surface area contributed by atoms with Crippen LogP contribution in [-0.4, -0.2) is 0 Å². The summed E-state index contributed by atoms with van der Waals surface area (Å²) in [5, 5.41) is 5.28. The van der Waals surface area contributed by atoms with E-state index in [2.05, 4.69) is 90.7 Å². The van der Waals surface area contributed by atoms with Crippen molar-refractivity contribution >= 4 is 33.2 Å². The molecule has 4 aromatic rings. The summed E-state index contributed by atoms with van der Waals surface area (Å²) in [5.74, 6) is 0. The van der Waals surface area contributed by atoms with Crippen LogP contribution in [0.2, 0.25) is 0 Å². The molecule has 0 unspecified atom stereocenters. The van der Waals surface area contributed by atoms with Crippen molar-refractivity contribution in [1.82, 2.24) is 0 Å². The molecule has 0 heteroatoms. The van der Waals surface area contributed by atoms with E-state index >= 15 is 0 Å². The molecule has 2 aliphatic carbocycles. The molecule has 0 fully saturated rings. The molecule has 0 amide bonds. The zero-order valence-corrected chi connectivity index (χ0v) is 14.3. The van der Waals surface area contributed by atoms with Crippen LogP contribution in [0.25, 0.3) is 44.3 Å². The summed E-state index contributed by atoms with van der Waals surface area (Å²) in [7, 11) is 0. The van der Waals surface area contributed by atoms with Gasteiger partial charge in [0.05, 0.1) is 0 Å². The molecule has 0 saturated carbocycles. The molecule has 26 heavy (non-hydrogen) atoms. The second-order valence-electron chi connectivity index (χ2n) is 7.08. The van der Waals surface area contributed by atoms with E-state index in [0.717, 1.165) is 6.42 Å². The Bertz CT molecular complexity index is 1330. The number of rotatable bonds is 0. The predicted octanol–water partition coefficient (Wildman–Crippen LogP) is 6.78. The zero-order chi connectivity index (χ0) is 17.1. The summed E-state index contributed by atoms with van der Waals surface area (Å²) < 4.78 is 0. The first-order chi connectivity index (χ1) is 12.9. The molecule has 0 bridgehead atoms. The van der Waals surface area contributed by atoms with Crippen molar-refractivity contribution in [2.45, 2.75) is 6.42 Å². The molecule has 0 saturated heterocycles. The van der Waals surface area contributed by atoms with Crippen LogP contribution >= 0.6 is 0 Å². The Morgan fingerprint density at radius 3 is 2.35 bits per heavy atom. The largest absolute Gasteiger partial charge is 0.116 e. The molecule has 0 radical (unpaired) electrons. The van der Waals surface area contributed by atoms with Crippen LogP contribution in [0.4, 0.5) is 0 Å². The van der Waals surface area contributed by atoms with Crippen LogP contribution in [0.15, 0.2) is 84.6 Å². The SMILES string of the molecule is C1=CC=Cc2cc3ccccc3c3c2C=1Cc1ccc2ccccc2c1-3. The number of allylic oxidation sites excluding steroid dienone is 2. The Hall–Kier alpha value is -3.34. The minimum absolute atomic E-state index is 0.941. The minimum atomic E-state index is 0.941. The standard InChI is InChI=1S/C26H16/c1-2-10-20-16-21-14-13-17-7-3-5-11-22(17)25(21)26-23-12-6-4-8-18(23)15-19(9-1)24(20)26/h1-9,11-15H,16H2. The van der Waals surface area contributed by atoms with Crippen LogP contribution in [0.3, 0.4) is 0 Å². The van der Waals surface area contributed by atoms with Crippen molar-refractivity contribution in [3.63, 3.8) is 0 Å². The average Bonchev–Trinajstić information content (AvgIpc) is 2.90. The van der Waals surface area contributed by atoms with Gasteiger partial charge in [0.2, 0.25) is 0 Å². The van der Waals surface area contributed by atoms with Crippen LogP contribution < -0.4 is 0 Å². The molecule has 120 valence electrons. The summed E-state index contributed by atoms with van der Waals surface area (Å²) in [4.78, 5) is 0. The first-order valence-electron chi connectivity index (χ1n) is 9.09. The molecule has 0 atom stereocenters. The quantitative estimate of drug-likeness (QED) is 0.312. The van der Waals surface area contributed by atoms with E-state index in [4.69, 9.17) is 0 Å². The van der Waals surface area contributed by atoms with Gasteiger partial charge in [0, 0.05) is 17.6 Å². The lowest BCUT2D eigenvalue weighted by molar-refractivity contribution is 1.27. The summed E-state index contributed by atoms with van der Waals surface area (Å²) in [6.45, 7) is 0. The lowest BCUT2D eigenvalue weighted by atomic mass is 9.76. The Morgan fingerprint density at radius 1 is 0.692 bits per heavy atom. The maximum Gasteiger partial charge on any atom is 0.00686 e. The summed E-state index contributed by atoms with van der Waals surface area (Å²) in [5.41, 5.74) is 11.7. The van der Waals surface area contributed by atoms with Crippen molar-refractivity contribution in [1.29, 1.82) is 0 Å². The Labute approximate surface area is 152 Å². The maximum atomic E-state index is 3.54. The van der Waals surface area contributed by atoms with Crippen LogP contribution in [0, 0.1) is 0 Å². The molecule has 0 aliphatic heterocycles. The average molecular weight is 328 g/mol. The van der Waals surface area contributed by atoms with E-state index in [1.165, 1.54) is 54.9 Å². The van der Waals surface area contributed by atoms with Gasteiger partial charge in [-0.3, -0.25) is 0 Å². The highest BCUT2D eigenvalue weighted by Gasteiger charge is 2.26. The third kappa shape index (κ3) is 1.80. The van der Waals surface area contributed by atoms with Gasteiger partial charge in [0.25, 0.3) is 0 Å². The van der Waals surface area contributed by atoms with E-state index in [-0.39, 0.29) is 0 Å². The van der Waals surface area contributed by atoms with E-state index in [1.54, 1.807) is 0 Å². The molecular formula is C26H16. The predicted molar refractivity (Wildman–Crippen MR) is 111 cm³/mol. The number of hydrogen-bond donors (Lipinski definition) is 0. The maximum absolute atomic E-state index is 3.54. The molecule has 0 N–H and O–H groups in total. The second kappa shape index (κ2) is 5.08. The van der Waals surface area contributed by atoms with Crippen molar-refractivity contribution in [2.75, 3.05) is 0 Å². The summed E-state index contributed by atoms with van der Waals surface area (Å²) >= 11 is 0. The molecule has 6 rings (SSSR count). The first-order valence-corrected chi connectivity index (χ1v) is 9.09. The lowest BCUT2D eigenvalue weighted by Gasteiger charge is -2.26. The molecule has 2 aliphatic rings. The van der Waals surface area contributed by atoms with E-state index in [1.807, 2.05) is 0 Å². The van der Waals surface area contributed by atoms with Gasteiger partial charge in [0.1, 0.15) is 0 Å². The Morgan fingerprint density at radius 2 is 1.46 bits per heavy atom. The van der Waals surface area contributed by atoms with Gasteiger partial charge >= 0.3 is 0 Å². The third-order valence-corrected chi connectivity index (χ3v) is 5.64. The van der Waals surface area contributed by atoms with Gasteiger partial charge in [-0.2, -0.15) is 0 Å². The normalized spacial score (nSPS) is 14.1. The zero-order valence-electron chi connectivity index (χ0n) is 14.3. The summed E-state index contributed by atoms with van der Waals surface area (Å²) in [6.07, 6.45) is 7.33. The molecule has 4 aromatic carbocycles. The Kier molecular flexibility index (Phi) is 2.72. The van der Waals surface area contributed by atoms with Crippen molar-refractivity contribution in [3.05, 3.63) is 101 Å². The topological polar surface area (TPSA) is 0 Å². The van der Waals surface area contributed by atoms with Crippen LogP contribution in [-0.2, 0) is 6.42 Å². The highest BCUT2D eigenvalue weighted by Crippen LogP contribution is 2.48. The molecule has 0 spiro atoms. The highest BCUT2D eigenvalue weighted by atomic mass is 14.3.